The van der Waals surface area contributed by atoms with E-state index in [4.69, 9.17) is 9.47 Å². The van der Waals surface area contributed by atoms with Crippen molar-refractivity contribution in [1.29, 1.82) is 0 Å². The number of ether oxygens (including phenoxy) is 2. The number of carbonyl (C=O) groups excluding carboxylic acids is 1. The van der Waals surface area contributed by atoms with Crippen molar-refractivity contribution in [2.45, 2.75) is 32.9 Å². The van der Waals surface area contributed by atoms with Crippen molar-refractivity contribution in [3.63, 3.8) is 0 Å². The standard InChI is InChI=1S/C15H22N2O3/c1-4-16-13-8-20-14-7-11(5-6-12(13)14)19-9-15(18)17-10(2)3/h5-7,10,13,16H,4,8-9H2,1-3H3,(H,17,18). The van der Waals surface area contributed by atoms with E-state index in [-0.39, 0.29) is 24.6 Å². The van der Waals surface area contributed by atoms with Crippen LogP contribution < -0.4 is 20.1 Å². The Morgan fingerprint density at radius 1 is 1.50 bits per heavy atom. The number of hydrogen-bond donors (Lipinski definition) is 2. The second-order valence-electron chi connectivity index (χ2n) is 5.13. The van der Waals surface area contributed by atoms with E-state index in [2.05, 4.69) is 17.6 Å². The minimum Gasteiger partial charge on any atom is -0.491 e. The Kier molecular flexibility index (Phi) is 4.84. The Bertz CT molecular complexity index is 474. The lowest BCUT2D eigenvalue weighted by atomic mass is 10.1. The number of amides is 1. The molecule has 5 heteroatoms. The zero-order valence-electron chi connectivity index (χ0n) is 12.2. The zero-order chi connectivity index (χ0) is 14.5. The molecule has 0 radical (unpaired) electrons. The zero-order valence-corrected chi connectivity index (χ0v) is 12.2. The molecule has 0 bridgehead atoms. The van der Waals surface area contributed by atoms with E-state index in [1.165, 1.54) is 0 Å². The van der Waals surface area contributed by atoms with Crippen LogP contribution in [0.3, 0.4) is 0 Å². The van der Waals surface area contributed by atoms with Crippen LogP contribution in [0.1, 0.15) is 32.4 Å². The molecule has 0 saturated carbocycles. The van der Waals surface area contributed by atoms with Crippen LogP contribution in [0.15, 0.2) is 18.2 Å². The molecular weight excluding hydrogens is 256 g/mol. The molecule has 0 spiro atoms. The van der Waals surface area contributed by atoms with Crippen molar-refractivity contribution in [2.75, 3.05) is 19.8 Å². The third-order valence-electron chi connectivity index (χ3n) is 3.04. The first-order valence-corrected chi connectivity index (χ1v) is 7.02. The number of benzene rings is 1. The average molecular weight is 278 g/mol. The van der Waals surface area contributed by atoms with Crippen LogP contribution in [0.25, 0.3) is 0 Å². The van der Waals surface area contributed by atoms with Crippen LogP contribution in [-0.2, 0) is 4.79 Å². The number of fused-ring (bicyclic) bond motifs is 1. The highest BCUT2D eigenvalue weighted by Gasteiger charge is 2.23. The Morgan fingerprint density at radius 2 is 2.30 bits per heavy atom. The molecule has 0 saturated heterocycles. The first-order valence-electron chi connectivity index (χ1n) is 7.02. The van der Waals surface area contributed by atoms with Gasteiger partial charge in [-0.3, -0.25) is 4.79 Å². The van der Waals surface area contributed by atoms with Crippen LogP contribution in [-0.4, -0.2) is 31.7 Å². The van der Waals surface area contributed by atoms with Crippen molar-refractivity contribution in [2.24, 2.45) is 0 Å². The van der Waals surface area contributed by atoms with Crippen LogP contribution >= 0.6 is 0 Å². The number of nitrogens with one attached hydrogen (secondary N) is 2. The van der Waals surface area contributed by atoms with E-state index in [1.54, 1.807) is 0 Å². The van der Waals surface area contributed by atoms with Gasteiger partial charge in [-0.05, 0) is 32.5 Å². The molecule has 20 heavy (non-hydrogen) atoms. The number of carbonyl (C=O) groups is 1. The van der Waals surface area contributed by atoms with Crippen LogP contribution in [0.2, 0.25) is 0 Å². The summed E-state index contributed by atoms with van der Waals surface area (Å²) in [6.07, 6.45) is 0. The maximum Gasteiger partial charge on any atom is 0.258 e. The fourth-order valence-electron chi connectivity index (χ4n) is 2.21. The Hall–Kier alpha value is -1.75. The average Bonchev–Trinajstić information content (AvgIpc) is 2.79. The first-order chi connectivity index (χ1) is 9.60. The summed E-state index contributed by atoms with van der Waals surface area (Å²) in [6.45, 7) is 7.47. The molecule has 2 N–H and O–H groups in total. The minimum absolute atomic E-state index is 0.0214. The van der Waals surface area contributed by atoms with E-state index in [1.807, 2.05) is 32.0 Å². The second kappa shape index (κ2) is 6.61. The molecule has 1 unspecified atom stereocenters. The molecule has 1 aliphatic heterocycles. The predicted octanol–water partition coefficient (Wildman–Crippen LogP) is 1.63. The second-order valence-corrected chi connectivity index (χ2v) is 5.13. The van der Waals surface area contributed by atoms with Gasteiger partial charge < -0.3 is 20.1 Å². The third-order valence-corrected chi connectivity index (χ3v) is 3.04. The van der Waals surface area contributed by atoms with Gasteiger partial charge in [-0.1, -0.05) is 6.92 Å². The van der Waals surface area contributed by atoms with Crippen LogP contribution in [0.4, 0.5) is 0 Å². The van der Waals surface area contributed by atoms with Crippen molar-refractivity contribution in [3.8, 4) is 11.5 Å². The van der Waals surface area contributed by atoms with E-state index in [0.717, 1.165) is 17.9 Å². The molecule has 1 amide bonds. The number of hydrogen-bond acceptors (Lipinski definition) is 4. The monoisotopic (exact) mass is 278 g/mol. The normalized spacial score (nSPS) is 16.7. The molecule has 1 aliphatic rings. The van der Waals surface area contributed by atoms with Gasteiger partial charge in [0, 0.05) is 17.7 Å². The highest BCUT2D eigenvalue weighted by atomic mass is 16.5. The van der Waals surface area contributed by atoms with Gasteiger partial charge in [0.2, 0.25) is 0 Å². The molecular formula is C15H22N2O3. The van der Waals surface area contributed by atoms with E-state index in [9.17, 15) is 4.79 Å². The summed E-state index contributed by atoms with van der Waals surface area (Å²) in [5.41, 5.74) is 1.14. The van der Waals surface area contributed by atoms with Gasteiger partial charge in [-0.2, -0.15) is 0 Å². The summed E-state index contributed by atoms with van der Waals surface area (Å²) in [6, 6.07) is 6.07. The maximum absolute atomic E-state index is 11.5. The summed E-state index contributed by atoms with van der Waals surface area (Å²) in [7, 11) is 0. The lowest BCUT2D eigenvalue weighted by Gasteiger charge is -2.11. The van der Waals surface area contributed by atoms with Crippen molar-refractivity contribution < 1.29 is 14.3 Å². The summed E-state index contributed by atoms with van der Waals surface area (Å²) in [5.74, 6) is 1.37. The van der Waals surface area contributed by atoms with Crippen molar-refractivity contribution in [1.82, 2.24) is 10.6 Å². The smallest absolute Gasteiger partial charge is 0.258 e. The van der Waals surface area contributed by atoms with Crippen LogP contribution in [0, 0.1) is 0 Å². The first kappa shape index (κ1) is 14.7. The van der Waals surface area contributed by atoms with Crippen LogP contribution in [0.5, 0.6) is 11.5 Å². The van der Waals surface area contributed by atoms with Gasteiger partial charge >= 0.3 is 0 Å². The fraction of sp³-hybridized carbons (Fsp3) is 0.533. The molecule has 1 aromatic rings. The van der Waals surface area contributed by atoms with Gasteiger partial charge in [0.1, 0.15) is 18.1 Å². The molecule has 0 fully saturated rings. The summed E-state index contributed by atoms with van der Waals surface area (Å²) < 4.78 is 11.1. The maximum atomic E-state index is 11.5. The molecule has 2 rings (SSSR count). The molecule has 5 nitrogen and oxygen atoms in total. The highest BCUT2D eigenvalue weighted by molar-refractivity contribution is 5.77. The fourth-order valence-corrected chi connectivity index (χ4v) is 2.21. The molecule has 0 aliphatic carbocycles. The Balaban J connectivity index is 1.94. The lowest BCUT2D eigenvalue weighted by Crippen LogP contribution is -2.34. The van der Waals surface area contributed by atoms with Gasteiger partial charge in [0.05, 0.1) is 6.04 Å². The van der Waals surface area contributed by atoms with Gasteiger partial charge in [-0.25, -0.2) is 0 Å². The quantitative estimate of drug-likeness (QED) is 0.830. The van der Waals surface area contributed by atoms with E-state index in [0.29, 0.717) is 12.4 Å². The molecule has 0 aromatic heterocycles. The SMILES string of the molecule is CCNC1COc2cc(OCC(=O)NC(C)C)ccc21. The van der Waals surface area contributed by atoms with Crippen molar-refractivity contribution >= 4 is 5.91 Å². The van der Waals surface area contributed by atoms with E-state index >= 15 is 0 Å². The molecule has 1 aromatic carbocycles. The topological polar surface area (TPSA) is 59.6 Å². The lowest BCUT2D eigenvalue weighted by molar-refractivity contribution is -0.123. The van der Waals surface area contributed by atoms with Gasteiger partial charge in [-0.15, -0.1) is 0 Å². The van der Waals surface area contributed by atoms with Gasteiger partial charge in [0.25, 0.3) is 5.91 Å². The highest BCUT2D eigenvalue weighted by Crippen LogP contribution is 2.35. The summed E-state index contributed by atoms with van der Waals surface area (Å²) >= 11 is 0. The third kappa shape index (κ3) is 3.63. The minimum atomic E-state index is -0.119. The number of likely N-dealkylation sites (N-methyl/N-ethyl adjacent to an activating group) is 1. The largest absolute Gasteiger partial charge is 0.491 e. The van der Waals surface area contributed by atoms with Gasteiger partial charge in [0.15, 0.2) is 6.61 Å². The predicted molar refractivity (Wildman–Crippen MR) is 77.1 cm³/mol. The molecule has 1 heterocycles. The van der Waals surface area contributed by atoms with Crippen molar-refractivity contribution in [3.05, 3.63) is 23.8 Å². The summed E-state index contributed by atoms with van der Waals surface area (Å²) in [5, 5.41) is 6.15. The number of rotatable bonds is 6. The van der Waals surface area contributed by atoms with E-state index < -0.39 is 0 Å². The Morgan fingerprint density at radius 3 is 3.00 bits per heavy atom. The molecule has 1 atom stereocenters. The summed E-state index contributed by atoms with van der Waals surface area (Å²) in [4.78, 5) is 11.5. The Labute approximate surface area is 119 Å². The molecule has 110 valence electrons.